The second-order valence-corrected chi connectivity index (χ2v) is 9.21. The first-order valence-corrected chi connectivity index (χ1v) is 13.1. The molecule has 7 heteroatoms. The molecule has 0 unspecified atom stereocenters. The van der Waals surface area contributed by atoms with E-state index in [1.807, 2.05) is 61.5 Å². The van der Waals surface area contributed by atoms with Crippen LogP contribution in [0.15, 0.2) is 85.1 Å². The maximum absolute atomic E-state index is 13.4. The fourth-order valence-electron chi connectivity index (χ4n) is 4.23. The molecule has 0 bridgehead atoms. The largest absolute Gasteiger partial charge is 0.352 e. The third kappa shape index (κ3) is 6.75. The minimum Gasteiger partial charge on any atom is -0.352 e. The molecule has 38 heavy (non-hydrogen) atoms. The molecule has 2 amide bonds. The summed E-state index contributed by atoms with van der Waals surface area (Å²) in [7, 11) is 0. The number of nitrogens with one attached hydrogen (secondary N) is 2. The predicted octanol–water partition coefficient (Wildman–Crippen LogP) is 5.56. The van der Waals surface area contributed by atoms with Gasteiger partial charge in [-0.3, -0.25) is 9.59 Å². The molecule has 0 saturated heterocycles. The van der Waals surface area contributed by atoms with Gasteiger partial charge in [-0.2, -0.15) is 5.10 Å². The van der Waals surface area contributed by atoms with Gasteiger partial charge in [0.2, 0.25) is 0 Å². The lowest BCUT2D eigenvalue weighted by molar-refractivity contribution is 0.0951. The molecular formula is C31H35N5O2. The Bertz CT molecular complexity index is 1340. The highest BCUT2D eigenvalue weighted by Crippen LogP contribution is 2.25. The number of carbonyl (C=O) groups is 2. The highest BCUT2D eigenvalue weighted by Gasteiger charge is 2.19. The molecule has 0 aliphatic rings. The third-order valence-electron chi connectivity index (χ3n) is 6.54. The third-order valence-corrected chi connectivity index (χ3v) is 6.54. The summed E-state index contributed by atoms with van der Waals surface area (Å²) in [6, 6.07) is 24.6. The molecule has 0 spiro atoms. The van der Waals surface area contributed by atoms with Crippen LogP contribution in [0.4, 0.5) is 5.69 Å². The van der Waals surface area contributed by atoms with Crippen molar-refractivity contribution < 1.29 is 9.59 Å². The van der Waals surface area contributed by atoms with Gasteiger partial charge in [0.05, 0.1) is 11.3 Å². The minimum atomic E-state index is -0.267. The summed E-state index contributed by atoms with van der Waals surface area (Å²) in [5.74, 6) is -0.385. The van der Waals surface area contributed by atoms with Crippen molar-refractivity contribution in [1.82, 2.24) is 20.0 Å². The SMILES string of the molecule is CCN(CC)CCCNC(=O)c1ccc(NC(=O)c2cn(-c3ccccc3)nc2-c2ccc(C)cc2)cc1. The zero-order chi connectivity index (χ0) is 26.9. The Morgan fingerprint density at radius 1 is 0.868 bits per heavy atom. The van der Waals surface area contributed by atoms with E-state index >= 15 is 0 Å². The molecule has 1 heterocycles. The molecule has 4 rings (SSSR count). The molecule has 196 valence electrons. The van der Waals surface area contributed by atoms with Crippen molar-refractivity contribution in [2.45, 2.75) is 27.2 Å². The molecule has 7 nitrogen and oxygen atoms in total. The zero-order valence-electron chi connectivity index (χ0n) is 22.3. The van der Waals surface area contributed by atoms with Crippen molar-refractivity contribution >= 4 is 17.5 Å². The first-order valence-electron chi connectivity index (χ1n) is 13.1. The summed E-state index contributed by atoms with van der Waals surface area (Å²) in [5, 5.41) is 10.7. The van der Waals surface area contributed by atoms with Crippen LogP contribution in [0.3, 0.4) is 0 Å². The highest BCUT2D eigenvalue weighted by atomic mass is 16.2. The lowest BCUT2D eigenvalue weighted by Crippen LogP contribution is -2.29. The molecule has 0 aliphatic carbocycles. The number of para-hydroxylation sites is 1. The number of rotatable bonds is 11. The van der Waals surface area contributed by atoms with Crippen LogP contribution >= 0.6 is 0 Å². The maximum atomic E-state index is 13.4. The molecule has 2 N–H and O–H groups in total. The quantitative estimate of drug-likeness (QED) is 0.259. The first kappa shape index (κ1) is 26.8. The second-order valence-electron chi connectivity index (χ2n) is 9.21. The second kappa shape index (κ2) is 12.8. The highest BCUT2D eigenvalue weighted by molar-refractivity contribution is 6.08. The number of amides is 2. The molecule has 3 aromatic carbocycles. The summed E-state index contributed by atoms with van der Waals surface area (Å²) in [5.41, 5.74) is 5.10. The molecular weight excluding hydrogens is 474 g/mol. The van der Waals surface area contributed by atoms with Crippen molar-refractivity contribution in [3.05, 3.63) is 102 Å². The van der Waals surface area contributed by atoms with E-state index in [4.69, 9.17) is 5.10 Å². The van der Waals surface area contributed by atoms with Crippen molar-refractivity contribution in [3.63, 3.8) is 0 Å². The van der Waals surface area contributed by atoms with Gasteiger partial charge in [0.25, 0.3) is 11.8 Å². The fourth-order valence-corrected chi connectivity index (χ4v) is 4.23. The number of nitrogens with zero attached hydrogens (tertiary/aromatic N) is 3. The molecule has 0 aliphatic heterocycles. The number of anilines is 1. The average Bonchev–Trinajstić information content (AvgIpc) is 3.40. The molecule has 0 saturated carbocycles. The Morgan fingerprint density at radius 2 is 1.55 bits per heavy atom. The summed E-state index contributed by atoms with van der Waals surface area (Å²) in [4.78, 5) is 28.2. The predicted molar refractivity (Wildman–Crippen MR) is 153 cm³/mol. The van der Waals surface area contributed by atoms with Gasteiger partial charge >= 0.3 is 0 Å². The summed E-state index contributed by atoms with van der Waals surface area (Å²) in [6.07, 6.45) is 2.65. The Hall–Kier alpha value is -4.23. The fraction of sp³-hybridized carbons (Fsp3) is 0.258. The molecule has 1 aromatic heterocycles. The van der Waals surface area contributed by atoms with Crippen molar-refractivity contribution in [2.24, 2.45) is 0 Å². The molecule has 0 fully saturated rings. The zero-order valence-corrected chi connectivity index (χ0v) is 22.3. The van der Waals surface area contributed by atoms with Gasteiger partial charge in [-0.15, -0.1) is 0 Å². The molecule has 4 aromatic rings. The van der Waals surface area contributed by atoms with Crippen molar-refractivity contribution in [2.75, 3.05) is 31.5 Å². The lowest BCUT2D eigenvalue weighted by atomic mass is 10.1. The van der Waals surface area contributed by atoms with Crippen LogP contribution in [0.1, 0.15) is 46.5 Å². The van der Waals surface area contributed by atoms with E-state index in [9.17, 15) is 9.59 Å². The Morgan fingerprint density at radius 3 is 2.21 bits per heavy atom. The normalized spacial score (nSPS) is 10.9. The Labute approximate surface area is 224 Å². The van der Waals surface area contributed by atoms with Crippen LogP contribution in [0.2, 0.25) is 0 Å². The van der Waals surface area contributed by atoms with Gasteiger partial charge in [0.15, 0.2) is 0 Å². The van der Waals surface area contributed by atoms with Crippen LogP contribution in [0.25, 0.3) is 16.9 Å². The number of hydrogen-bond donors (Lipinski definition) is 2. The number of aryl methyl sites for hydroxylation is 1. The van der Waals surface area contributed by atoms with Crippen LogP contribution in [-0.4, -0.2) is 52.7 Å². The summed E-state index contributed by atoms with van der Waals surface area (Å²) in [6.45, 7) is 9.91. The van der Waals surface area contributed by atoms with Gasteiger partial charge in [0.1, 0.15) is 5.69 Å². The Balaban J connectivity index is 1.46. The van der Waals surface area contributed by atoms with E-state index in [2.05, 4.69) is 29.4 Å². The van der Waals surface area contributed by atoms with Crippen molar-refractivity contribution in [3.8, 4) is 16.9 Å². The van der Waals surface area contributed by atoms with Gasteiger partial charge in [0, 0.05) is 29.6 Å². The average molecular weight is 510 g/mol. The van der Waals surface area contributed by atoms with E-state index in [0.717, 1.165) is 42.9 Å². The molecule has 0 radical (unpaired) electrons. The topological polar surface area (TPSA) is 79.3 Å². The minimum absolute atomic E-state index is 0.117. The van der Waals surface area contributed by atoms with E-state index in [1.165, 1.54) is 0 Å². The van der Waals surface area contributed by atoms with Crippen LogP contribution in [0, 0.1) is 6.92 Å². The Kier molecular flexibility index (Phi) is 9.06. The number of benzene rings is 3. The van der Waals surface area contributed by atoms with Crippen molar-refractivity contribution in [1.29, 1.82) is 0 Å². The number of hydrogen-bond acceptors (Lipinski definition) is 4. The van der Waals surface area contributed by atoms with Gasteiger partial charge in [-0.25, -0.2) is 4.68 Å². The van der Waals surface area contributed by atoms with E-state index < -0.39 is 0 Å². The van der Waals surface area contributed by atoms with Crippen LogP contribution < -0.4 is 10.6 Å². The van der Waals surface area contributed by atoms with Crippen LogP contribution in [-0.2, 0) is 0 Å². The van der Waals surface area contributed by atoms with E-state index in [1.54, 1.807) is 35.1 Å². The number of carbonyl (C=O) groups excluding carboxylic acids is 2. The smallest absolute Gasteiger partial charge is 0.259 e. The first-order chi connectivity index (χ1) is 18.5. The summed E-state index contributed by atoms with van der Waals surface area (Å²) >= 11 is 0. The lowest BCUT2D eigenvalue weighted by Gasteiger charge is -2.17. The van der Waals surface area contributed by atoms with Gasteiger partial charge in [-0.1, -0.05) is 61.9 Å². The van der Waals surface area contributed by atoms with E-state index in [0.29, 0.717) is 29.1 Å². The summed E-state index contributed by atoms with van der Waals surface area (Å²) < 4.78 is 1.72. The standard InChI is InChI=1S/C31H35N5O2/c1-4-35(5-2)21-9-20-32-30(37)25-16-18-26(19-17-25)33-31(38)28-22-36(27-10-7-6-8-11-27)34-29(28)24-14-12-23(3)13-15-24/h6-8,10-19,22H,4-5,9,20-21H2,1-3H3,(H,32,37)(H,33,38). The van der Waals surface area contributed by atoms with Gasteiger partial charge in [-0.05, 0) is 69.4 Å². The number of aromatic nitrogens is 2. The maximum Gasteiger partial charge on any atom is 0.259 e. The van der Waals surface area contributed by atoms with Gasteiger partial charge < -0.3 is 15.5 Å². The monoisotopic (exact) mass is 509 g/mol. The van der Waals surface area contributed by atoms with Crippen LogP contribution in [0.5, 0.6) is 0 Å². The van der Waals surface area contributed by atoms with E-state index in [-0.39, 0.29) is 11.8 Å². The molecule has 0 atom stereocenters.